The minimum Gasteiger partial charge on any atom is -0.462 e. The maximum atomic E-state index is 12.8. The Morgan fingerprint density at radius 3 is 0.794 bits per heavy atom. The lowest BCUT2D eigenvalue weighted by atomic mass is 10.1. The molecule has 0 radical (unpaired) electrons. The molecular formula is C57H104O6. The summed E-state index contributed by atoms with van der Waals surface area (Å²) in [6.45, 7) is 6.63. The number of carbonyl (C=O) groups excluding carboxylic acids is 3. The van der Waals surface area contributed by atoms with Crippen molar-refractivity contribution >= 4 is 17.9 Å². The summed E-state index contributed by atoms with van der Waals surface area (Å²) in [4.78, 5) is 38.0. The van der Waals surface area contributed by atoms with Crippen LogP contribution in [0, 0.1) is 0 Å². The van der Waals surface area contributed by atoms with Crippen LogP contribution >= 0.6 is 0 Å². The number of hydrogen-bond acceptors (Lipinski definition) is 6. The molecule has 63 heavy (non-hydrogen) atoms. The Morgan fingerprint density at radius 1 is 0.302 bits per heavy atom. The van der Waals surface area contributed by atoms with E-state index in [1.54, 1.807) is 0 Å². The minimum atomic E-state index is -0.781. The molecule has 0 bridgehead atoms. The number of carbonyl (C=O) groups is 3. The average molecular weight is 888 g/mol. The Bertz CT molecular complexity index is 1010. The van der Waals surface area contributed by atoms with Gasteiger partial charge in [-0.2, -0.15) is 0 Å². The van der Waals surface area contributed by atoms with Crippen LogP contribution in [0.1, 0.15) is 290 Å². The maximum Gasteiger partial charge on any atom is 0.306 e. The van der Waals surface area contributed by atoms with E-state index in [0.717, 1.165) is 77.0 Å². The summed E-state index contributed by atoms with van der Waals surface area (Å²) in [6, 6.07) is 0. The molecule has 368 valence electrons. The Morgan fingerprint density at radius 2 is 0.524 bits per heavy atom. The van der Waals surface area contributed by atoms with Gasteiger partial charge in [-0.15, -0.1) is 0 Å². The summed E-state index contributed by atoms with van der Waals surface area (Å²) in [5.74, 6) is -0.893. The lowest BCUT2D eigenvalue weighted by Crippen LogP contribution is -2.30. The van der Waals surface area contributed by atoms with Crippen molar-refractivity contribution in [3.8, 4) is 0 Å². The fraction of sp³-hybridized carbons (Fsp3) is 0.842. The van der Waals surface area contributed by atoms with Crippen LogP contribution in [0.2, 0.25) is 0 Å². The molecule has 0 aliphatic heterocycles. The number of allylic oxidation sites excluding steroid dienone is 6. The Labute approximate surface area is 391 Å². The first kappa shape index (κ1) is 60.6. The van der Waals surface area contributed by atoms with E-state index in [2.05, 4.69) is 57.2 Å². The third kappa shape index (κ3) is 50.5. The van der Waals surface area contributed by atoms with Gasteiger partial charge in [-0.25, -0.2) is 0 Å². The van der Waals surface area contributed by atoms with Crippen LogP contribution in [0.25, 0.3) is 0 Å². The van der Waals surface area contributed by atoms with Crippen molar-refractivity contribution in [2.24, 2.45) is 0 Å². The second kappa shape index (κ2) is 52.3. The molecule has 0 amide bonds. The minimum absolute atomic E-state index is 0.0806. The normalized spacial score (nSPS) is 12.2. The predicted octanol–water partition coefficient (Wildman–Crippen LogP) is 18.1. The van der Waals surface area contributed by atoms with Crippen molar-refractivity contribution in [1.82, 2.24) is 0 Å². The van der Waals surface area contributed by atoms with Gasteiger partial charge in [0.15, 0.2) is 6.10 Å². The molecule has 0 unspecified atom stereocenters. The van der Waals surface area contributed by atoms with Crippen molar-refractivity contribution in [2.45, 2.75) is 297 Å². The summed E-state index contributed by atoms with van der Waals surface area (Å²) in [5.41, 5.74) is 0. The van der Waals surface area contributed by atoms with Gasteiger partial charge in [-0.1, -0.05) is 211 Å². The predicted molar refractivity (Wildman–Crippen MR) is 270 cm³/mol. The molecular weight excluding hydrogens is 784 g/mol. The Hall–Kier alpha value is -2.37. The molecule has 0 aliphatic rings. The maximum absolute atomic E-state index is 12.8. The van der Waals surface area contributed by atoms with E-state index in [9.17, 15) is 14.4 Å². The molecule has 0 aromatic heterocycles. The molecule has 0 aromatic carbocycles. The zero-order valence-electron chi connectivity index (χ0n) is 42.1. The number of hydrogen-bond donors (Lipinski definition) is 0. The molecule has 0 saturated heterocycles. The van der Waals surface area contributed by atoms with Crippen LogP contribution in [0.5, 0.6) is 0 Å². The third-order valence-electron chi connectivity index (χ3n) is 12.1. The van der Waals surface area contributed by atoms with E-state index in [0.29, 0.717) is 19.3 Å². The topological polar surface area (TPSA) is 78.9 Å². The first-order valence-corrected chi connectivity index (χ1v) is 27.5. The zero-order chi connectivity index (χ0) is 45.8. The molecule has 0 atom stereocenters. The number of unbranched alkanes of at least 4 members (excludes halogenated alkanes) is 33. The Kier molecular flexibility index (Phi) is 50.3. The molecule has 0 aliphatic carbocycles. The second-order valence-corrected chi connectivity index (χ2v) is 18.5. The summed E-state index contributed by atoms with van der Waals surface area (Å²) < 4.78 is 16.8. The zero-order valence-corrected chi connectivity index (χ0v) is 42.1. The van der Waals surface area contributed by atoms with Crippen molar-refractivity contribution in [3.05, 3.63) is 36.5 Å². The van der Waals surface area contributed by atoms with Gasteiger partial charge in [-0.3, -0.25) is 14.4 Å². The van der Waals surface area contributed by atoms with Gasteiger partial charge < -0.3 is 14.2 Å². The Balaban J connectivity index is 4.39. The van der Waals surface area contributed by atoms with Gasteiger partial charge in [0.05, 0.1) is 0 Å². The third-order valence-corrected chi connectivity index (χ3v) is 12.1. The van der Waals surface area contributed by atoms with E-state index in [-0.39, 0.29) is 31.1 Å². The summed E-state index contributed by atoms with van der Waals surface area (Å²) >= 11 is 0. The first-order valence-electron chi connectivity index (χ1n) is 27.5. The van der Waals surface area contributed by atoms with Crippen LogP contribution < -0.4 is 0 Å². The van der Waals surface area contributed by atoms with Gasteiger partial charge in [0.25, 0.3) is 0 Å². The lowest BCUT2D eigenvalue weighted by Gasteiger charge is -2.18. The van der Waals surface area contributed by atoms with Crippen LogP contribution in [0.3, 0.4) is 0 Å². The van der Waals surface area contributed by atoms with Crippen molar-refractivity contribution in [1.29, 1.82) is 0 Å². The monoisotopic (exact) mass is 888 g/mol. The first-order chi connectivity index (χ1) is 31.0. The molecule has 0 heterocycles. The fourth-order valence-corrected chi connectivity index (χ4v) is 7.90. The number of rotatable bonds is 50. The molecule has 0 saturated carbocycles. The van der Waals surface area contributed by atoms with E-state index < -0.39 is 6.10 Å². The molecule has 0 spiro atoms. The smallest absolute Gasteiger partial charge is 0.306 e. The summed E-state index contributed by atoms with van der Waals surface area (Å²) in [5, 5.41) is 0. The van der Waals surface area contributed by atoms with Gasteiger partial charge in [-0.05, 0) is 96.3 Å². The van der Waals surface area contributed by atoms with Crippen molar-refractivity contribution in [2.75, 3.05) is 13.2 Å². The largest absolute Gasteiger partial charge is 0.462 e. The summed E-state index contributed by atoms with van der Waals surface area (Å²) in [6.07, 6.45) is 61.2. The van der Waals surface area contributed by atoms with E-state index >= 15 is 0 Å². The van der Waals surface area contributed by atoms with Gasteiger partial charge in [0, 0.05) is 19.3 Å². The molecule has 0 aromatic rings. The van der Waals surface area contributed by atoms with Crippen LogP contribution in [0.15, 0.2) is 36.5 Å². The number of ether oxygens (including phenoxy) is 3. The molecule has 0 rings (SSSR count). The van der Waals surface area contributed by atoms with E-state index in [1.807, 2.05) is 0 Å². The molecule has 0 fully saturated rings. The fourth-order valence-electron chi connectivity index (χ4n) is 7.90. The highest BCUT2D eigenvalue weighted by atomic mass is 16.7. The lowest BCUT2D eigenvalue weighted by molar-refractivity contribution is -0.167. The molecule has 6 nitrogen and oxygen atoms in total. The van der Waals surface area contributed by atoms with Crippen LogP contribution in [-0.4, -0.2) is 37.2 Å². The van der Waals surface area contributed by atoms with Crippen LogP contribution in [-0.2, 0) is 28.6 Å². The van der Waals surface area contributed by atoms with Gasteiger partial charge in [0.2, 0.25) is 0 Å². The van der Waals surface area contributed by atoms with E-state index in [4.69, 9.17) is 14.2 Å². The SMILES string of the molecule is CCCCCCCCC=CCCCCCCCC(=O)O[13CH2][13CH]([13CH2]OC(=O)CCCCCCCC=CCCCCCCCC)OC(=O)CCCCCCCC=CCCCCCCCC. The quantitative estimate of drug-likeness (QED) is 0.0199. The van der Waals surface area contributed by atoms with Gasteiger partial charge in [0.1, 0.15) is 13.2 Å². The average Bonchev–Trinajstić information content (AvgIpc) is 3.28. The molecule has 0 N–H and O–H groups in total. The standard InChI is InChI=1S/C57H104O6/c1-4-7-10-13-16-19-22-25-28-31-34-37-40-43-46-49-55(58)61-52-54(63-57(60)51-48-45-42-39-36-33-30-27-24-21-18-15-12-9-6-3)53-62-56(59)50-47-44-41-38-35-32-29-26-23-20-17-14-11-8-5-2/h25-30,54H,4-24,31-53H2,1-3H3/i52+1,53+1,54+1. The van der Waals surface area contributed by atoms with Gasteiger partial charge >= 0.3 is 17.9 Å². The summed E-state index contributed by atoms with van der Waals surface area (Å²) in [7, 11) is 0. The van der Waals surface area contributed by atoms with Crippen molar-refractivity contribution in [3.63, 3.8) is 0 Å². The highest BCUT2D eigenvalue weighted by Crippen LogP contribution is 2.15. The number of esters is 3. The van der Waals surface area contributed by atoms with E-state index in [1.165, 1.54) is 173 Å². The highest BCUT2D eigenvalue weighted by molar-refractivity contribution is 5.71. The van der Waals surface area contributed by atoms with Crippen LogP contribution in [0.4, 0.5) is 0 Å². The van der Waals surface area contributed by atoms with Crippen molar-refractivity contribution < 1.29 is 28.6 Å². The highest BCUT2D eigenvalue weighted by Gasteiger charge is 2.19. The second-order valence-electron chi connectivity index (χ2n) is 18.5. The molecule has 6 heteroatoms.